The van der Waals surface area contributed by atoms with Crippen LogP contribution < -0.4 is 10.1 Å². The Balaban J connectivity index is 2.12. The fourth-order valence-corrected chi connectivity index (χ4v) is 3.23. The van der Waals surface area contributed by atoms with Gasteiger partial charge in [-0.2, -0.15) is 0 Å². The zero-order chi connectivity index (χ0) is 15.2. The molecule has 0 spiro atoms. The van der Waals surface area contributed by atoms with Crippen molar-refractivity contribution in [2.45, 2.75) is 26.8 Å². The van der Waals surface area contributed by atoms with E-state index < -0.39 is 0 Å². The number of rotatable bonds is 6. The van der Waals surface area contributed by atoms with Crippen LogP contribution in [0.1, 0.15) is 25.8 Å². The van der Waals surface area contributed by atoms with Gasteiger partial charge in [0.15, 0.2) is 0 Å². The van der Waals surface area contributed by atoms with Gasteiger partial charge in [0, 0.05) is 43.5 Å². The molecule has 0 saturated carbocycles. The first-order valence-corrected chi connectivity index (χ1v) is 7.50. The van der Waals surface area contributed by atoms with E-state index in [1.54, 1.807) is 0 Å². The quantitative estimate of drug-likeness (QED) is 0.644. The van der Waals surface area contributed by atoms with Crippen molar-refractivity contribution < 1.29 is 9.53 Å². The van der Waals surface area contributed by atoms with Crippen molar-refractivity contribution in [3.05, 3.63) is 23.8 Å². The summed E-state index contributed by atoms with van der Waals surface area (Å²) >= 11 is 0. The van der Waals surface area contributed by atoms with Crippen LogP contribution in [0, 0.1) is 11.8 Å². The Morgan fingerprint density at radius 2 is 2.10 bits per heavy atom. The number of hydrogen-bond donors (Lipinski definition) is 1. The smallest absolute Gasteiger partial charge is 0.211 e. The van der Waals surface area contributed by atoms with Crippen LogP contribution in [0.2, 0.25) is 0 Å². The van der Waals surface area contributed by atoms with Crippen molar-refractivity contribution in [1.82, 2.24) is 4.90 Å². The molecule has 1 aliphatic heterocycles. The summed E-state index contributed by atoms with van der Waals surface area (Å²) < 4.78 is 5.51. The minimum Gasteiger partial charge on any atom is -0.503 e. The highest BCUT2D eigenvalue weighted by atomic mass is 16.5. The van der Waals surface area contributed by atoms with Crippen LogP contribution in [0.4, 0.5) is 5.69 Å². The van der Waals surface area contributed by atoms with E-state index in [1.807, 2.05) is 18.2 Å². The third kappa shape index (κ3) is 4.50. The molecule has 0 aromatic heterocycles. The van der Waals surface area contributed by atoms with E-state index in [1.165, 1.54) is 6.42 Å². The van der Waals surface area contributed by atoms with Gasteiger partial charge in [-0.15, -0.1) is 0 Å². The zero-order valence-electron chi connectivity index (χ0n) is 12.8. The molecule has 1 saturated heterocycles. The molecule has 112 valence electrons. The zero-order valence-corrected chi connectivity index (χ0v) is 12.8. The number of piperidine rings is 1. The number of anilines is 1. The normalized spacial score (nSPS) is 22.8. The van der Waals surface area contributed by atoms with Crippen molar-refractivity contribution in [2.24, 2.45) is 11.8 Å². The van der Waals surface area contributed by atoms with Crippen LogP contribution in [0.3, 0.4) is 0 Å². The van der Waals surface area contributed by atoms with Crippen molar-refractivity contribution in [1.29, 1.82) is 0 Å². The first-order valence-electron chi connectivity index (χ1n) is 7.50. The van der Waals surface area contributed by atoms with Gasteiger partial charge in [-0.25, -0.2) is 0 Å². The lowest BCUT2D eigenvalue weighted by Gasteiger charge is -2.35. The van der Waals surface area contributed by atoms with Crippen LogP contribution in [0.25, 0.3) is 0 Å². The minimum absolute atomic E-state index is 0.129. The molecule has 21 heavy (non-hydrogen) atoms. The Labute approximate surface area is 128 Å². The first kappa shape index (κ1) is 15.9. The number of nitrogens with one attached hydrogen (secondary N) is 1. The van der Waals surface area contributed by atoms with Crippen LogP contribution in [-0.2, 0) is 11.3 Å². The third-order valence-corrected chi connectivity index (χ3v) is 3.87. The number of hydrogen-bond acceptors (Lipinski definition) is 3. The Morgan fingerprint density at radius 3 is 2.71 bits per heavy atom. The lowest BCUT2D eigenvalue weighted by atomic mass is 9.91. The molecule has 5 heteroatoms. The van der Waals surface area contributed by atoms with Gasteiger partial charge in [0.1, 0.15) is 13.6 Å². The number of ether oxygens (including phenoxy) is 1. The highest BCUT2D eigenvalue weighted by Gasteiger charge is 2.22. The average Bonchev–Trinajstić information content (AvgIpc) is 2.41. The van der Waals surface area contributed by atoms with E-state index in [2.05, 4.69) is 24.1 Å². The van der Waals surface area contributed by atoms with Crippen molar-refractivity contribution in [3.63, 3.8) is 0 Å². The molecule has 2 rings (SSSR count). The second-order valence-corrected chi connectivity index (χ2v) is 6.04. The first-order chi connectivity index (χ1) is 10.1. The standard InChI is InChI=1S/C16H23BN2O2/c1-12-5-13(2)8-19(7-12)9-14-3-4-15(18-11-20)6-16(14)21-10-17/h3-4,6,11-13H,5,7-10H2,1-2H3,(H,18,20). The minimum atomic E-state index is 0.129. The molecule has 0 bridgehead atoms. The number of carbonyl (C=O) groups is 1. The monoisotopic (exact) mass is 286 g/mol. The van der Waals surface area contributed by atoms with Crippen molar-refractivity contribution >= 4 is 19.9 Å². The summed E-state index contributed by atoms with van der Waals surface area (Å²) in [5, 5.41) is 2.64. The second kappa shape index (κ2) is 7.50. The molecule has 1 fully saturated rings. The summed E-state index contributed by atoms with van der Waals surface area (Å²) in [7, 11) is 5.50. The summed E-state index contributed by atoms with van der Waals surface area (Å²) in [5.41, 5.74) is 1.83. The molecule has 1 N–H and O–H groups in total. The van der Waals surface area contributed by atoms with Crippen LogP contribution in [-0.4, -0.2) is 38.8 Å². The maximum absolute atomic E-state index is 10.5. The molecule has 4 nitrogen and oxygen atoms in total. The molecule has 0 aliphatic carbocycles. The third-order valence-electron chi connectivity index (χ3n) is 3.87. The molecular formula is C16H23BN2O2. The lowest BCUT2D eigenvalue weighted by Crippen LogP contribution is -2.38. The largest absolute Gasteiger partial charge is 0.503 e. The Bertz CT molecular complexity index is 471. The summed E-state index contributed by atoms with van der Waals surface area (Å²) in [6.45, 7) is 7.81. The van der Waals surface area contributed by atoms with Crippen LogP contribution >= 0.6 is 0 Å². The van der Waals surface area contributed by atoms with Crippen molar-refractivity contribution in [2.75, 3.05) is 24.9 Å². The van der Waals surface area contributed by atoms with E-state index in [0.29, 0.717) is 6.41 Å². The van der Waals surface area contributed by atoms with Gasteiger partial charge >= 0.3 is 0 Å². The summed E-state index contributed by atoms with van der Waals surface area (Å²) in [5.74, 6) is 2.20. The molecule has 1 amide bonds. The lowest BCUT2D eigenvalue weighted by molar-refractivity contribution is -0.105. The fraction of sp³-hybridized carbons (Fsp3) is 0.562. The predicted molar refractivity (Wildman–Crippen MR) is 85.6 cm³/mol. The van der Waals surface area contributed by atoms with E-state index >= 15 is 0 Å². The van der Waals surface area contributed by atoms with Gasteiger partial charge in [-0.3, -0.25) is 9.69 Å². The number of carbonyl (C=O) groups excluding carboxylic acids is 1. The maximum atomic E-state index is 10.5. The predicted octanol–water partition coefficient (Wildman–Crippen LogP) is 2.24. The number of amides is 1. The average molecular weight is 286 g/mol. The van der Waals surface area contributed by atoms with Gasteiger partial charge in [-0.05, 0) is 24.3 Å². The van der Waals surface area contributed by atoms with Gasteiger partial charge in [0.2, 0.25) is 6.41 Å². The molecule has 1 aromatic carbocycles. The number of likely N-dealkylation sites (tertiary alicyclic amines) is 1. The van der Waals surface area contributed by atoms with E-state index in [4.69, 9.17) is 12.6 Å². The summed E-state index contributed by atoms with van der Waals surface area (Å²) in [4.78, 5) is 13.0. The van der Waals surface area contributed by atoms with E-state index in [9.17, 15) is 4.79 Å². The number of benzene rings is 1. The highest BCUT2D eigenvalue weighted by molar-refractivity contribution is 6.08. The molecule has 2 unspecified atom stereocenters. The molecule has 1 heterocycles. The molecule has 1 aliphatic rings. The van der Waals surface area contributed by atoms with Gasteiger partial charge in [-0.1, -0.05) is 19.9 Å². The Hall–Kier alpha value is -1.49. The van der Waals surface area contributed by atoms with Gasteiger partial charge in [0.05, 0.1) is 0 Å². The van der Waals surface area contributed by atoms with Crippen LogP contribution in [0.5, 0.6) is 5.75 Å². The van der Waals surface area contributed by atoms with E-state index in [0.717, 1.165) is 48.5 Å². The molecular weight excluding hydrogens is 263 g/mol. The molecule has 2 atom stereocenters. The Kier molecular flexibility index (Phi) is 5.68. The number of nitrogens with zero attached hydrogens (tertiary/aromatic N) is 1. The van der Waals surface area contributed by atoms with Gasteiger partial charge < -0.3 is 10.1 Å². The summed E-state index contributed by atoms with van der Waals surface area (Å²) in [6.07, 6.45) is 1.96. The van der Waals surface area contributed by atoms with Crippen molar-refractivity contribution in [3.8, 4) is 5.75 Å². The highest BCUT2D eigenvalue weighted by Crippen LogP contribution is 2.28. The SMILES string of the molecule is [B]COc1cc(NC=O)ccc1CN1CC(C)CC(C)C1. The van der Waals surface area contributed by atoms with Crippen LogP contribution in [0.15, 0.2) is 18.2 Å². The second-order valence-electron chi connectivity index (χ2n) is 6.04. The Morgan fingerprint density at radius 1 is 1.38 bits per heavy atom. The van der Waals surface area contributed by atoms with E-state index in [-0.39, 0.29) is 6.51 Å². The summed E-state index contributed by atoms with van der Waals surface area (Å²) in [6, 6.07) is 5.72. The van der Waals surface area contributed by atoms with Gasteiger partial charge in [0.25, 0.3) is 0 Å². The topological polar surface area (TPSA) is 41.6 Å². The fourth-order valence-electron chi connectivity index (χ4n) is 3.23. The molecule has 1 aromatic rings. The molecule has 2 radical (unpaired) electrons. The maximum Gasteiger partial charge on any atom is 0.211 e.